The van der Waals surface area contributed by atoms with Gasteiger partial charge < -0.3 is 9.90 Å². The Morgan fingerprint density at radius 2 is 1.68 bits per heavy atom. The summed E-state index contributed by atoms with van der Waals surface area (Å²) in [5, 5.41) is 17.0. The number of carbonyl (C=O) groups is 1. The van der Waals surface area contributed by atoms with Gasteiger partial charge in [0.25, 0.3) is 0 Å². The molecule has 0 aliphatic rings. The van der Waals surface area contributed by atoms with Gasteiger partial charge in [-0.25, -0.2) is 0 Å². The van der Waals surface area contributed by atoms with Crippen LogP contribution in [0.5, 0.6) is 0 Å². The zero-order valence-corrected chi connectivity index (χ0v) is 15.5. The van der Waals surface area contributed by atoms with Crippen LogP contribution in [0.25, 0.3) is 0 Å². The van der Waals surface area contributed by atoms with Crippen LogP contribution < -0.4 is 11.3 Å². The fourth-order valence-electron chi connectivity index (χ4n) is 0.781. The largest absolute Gasteiger partial charge is 0.368 e. The van der Waals surface area contributed by atoms with Gasteiger partial charge in [0.2, 0.25) is 0 Å². The number of hydrazine groups is 1. The zero-order valence-electron chi connectivity index (χ0n) is 15.5. The number of aliphatic hydroxyl groups is 1. The first-order valence-corrected chi connectivity index (χ1v) is 8.35. The lowest BCUT2D eigenvalue weighted by atomic mass is 10.2. The number of Topliss-reactive ketones (excluding diaryl/α,β-unsaturated/α-hetero) is 1. The number of azo groups is 1. The molecule has 0 aromatic rings. The molecule has 1 atom stereocenters. The van der Waals surface area contributed by atoms with Crippen molar-refractivity contribution in [1.29, 1.82) is 0 Å². The van der Waals surface area contributed by atoms with E-state index in [0.717, 1.165) is 25.9 Å². The highest BCUT2D eigenvalue weighted by atomic mass is 16.3. The van der Waals surface area contributed by atoms with Gasteiger partial charge in [-0.05, 0) is 33.1 Å². The Kier molecular flexibility index (Phi) is 23.9. The quantitative estimate of drug-likeness (QED) is 0.262. The van der Waals surface area contributed by atoms with E-state index in [2.05, 4.69) is 29.5 Å². The van der Waals surface area contributed by atoms with Crippen LogP contribution in [0.15, 0.2) is 10.2 Å². The minimum Gasteiger partial charge on any atom is -0.368 e. The van der Waals surface area contributed by atoms with E-state index >= 15 is 0 Å². The summed E-state index contributed by atoms with van der Waals surface area (Å²) in [6.45, 7) is 12.9. The van der Waals surface area contributed by atoms with E-state index in [1.54, 1.807) is 13.8 Å². The maximum absolute atomic E-state index is 9.81. The van der Waals surface area contributed by atoms with Crippen molar-refractivity contribution >= 4 is 5.78 Å². The zero-order chi connectivity index (χ0) is 17.9. The molecular weight excluding hydrogens is 280 g/mol. The lowest BCUT2D eigenvalue weighted by molar-refractivity contribution is -0.116. The van der Waals surface area contributed by atoms with E-state index in [9.17, 15) is 9.90 Å². The van der Waals surface area contributed by atoms with Gasteiger partial charge in [0.1, 0.15) is 5.78 Å². The lowest BCUT2D eigenvalue weighted by Crippen LogP contribution is -2.22. The number of unbranched alkanes of at least 4 members (excludes halogenated alkanes) is 2. The lowest BCUT2D eigenvalue weighted by Gasteiger charge is -2.12. The van der Waals surface area contributed by atoms with E-state index in [4.69, 9.17) is 5.84 Å². The summed E-state index contributed by atoms with van der Waals surface area (Å²) in [4.78, 5) is 9.81. The first-order chi connectivity index (χ1) is 10.3. The van der Waals surface area contributed by atoms with Crippen molar-refractivity contribution in [2.45, 2.75) is 85.8 Å². The first kappa shape index (κ1) is 26.1. The van der Waals surface area contributed by atoms with Crippen molar-refractivity contribution in [2.75, 3.05) is 13.1 Å². The molecule has 0 rings (SSSR count). The highest BCUT2D eigenvalue weighted by molar-refractivity contribution is 5.74. The molecule has 0 aromatic carbocycles. The Balaban J connectivity index is -0.000000277. The molecule has 0 aromatic heterocycles. The van der Waals surface area contributed by atoms with Crippen molar-refractivity contribution in [3.05, 3.63) is 0 Å². The highest BCUT2D eigenvalue weighted by Gasteiger charge is 2.14. The van der Waals surface area contributed by atoms with E-state index in [0.29, 0.717) is 12.8 Å². The second-order valence-corrected chi connectivity index (χ2v) is 5.25. The molecule has 0 spiro atoms. The molecule has 0 heterocycles. The number of hydrogen-bond donors (Lipinski definition) is 3. The Bertz CT molecular complexity index is 253. The van der Waals surface area contributed by atoms with Gasteiger partial charge in [0.15, 0.2) is 5.72 Å². The normalized spacial score (nSPS) is 12.7. The number of hydrogen-bond acceptors (Lipinski definition) is 6. The van der Waals surface area contributed by atoms with Crippen molar-refractivity contribution in [3.63, 3.8) is 0 Å². The van der Waals surface area contributed by atoms with Crippen LogP contribution in [0.4, 0.5) is 0 Å². The Labute approximate surface area is 136 Å². The van der Waals surface area contributed by atoms with Crippen molar-refractivity contribution < 1.29 is 9.90 Å². The van der Waals surface area contributed by atoms with Gasteiger partial charge in [-0.3, -0.25) is 11.3 Å². The molecular formula is C16H38N4O2. The van der Waals surface area contributed by atoms with Gasteiger partial charge in [-0.15, -0.1) is 0 Å². The second-order valence-electron chi connectivity index (χ2n) is 5.25. The van der Waals surface area contributed by atoms with Crippen molar-refractivity contribution in [1.82, 2.24) is 5.43 Å². The number of nitrogens with zero attached hydrogens (tertiary/aromatic N) is 2. The monoisotopic (exact) mass is 318 g/mol. The van der Waals surface area contributed by atoms with Crippen LogP contribution in [0.1, 0.15) is 80.1 Å². The van der Waals surface area contributed by atoms with Crippen LogP contribution in [-0.2, 0) is 4.79 Å². The third-order valence-corrected chi connectivity index (χ3v) is 2.74. The molecule has 0 saturated carbocycles. The summed E-state index contributed by atoms with van der Waals surface area (Å²) >= 11 is 0. The third kappa shape index (κ3) is 31.5. The van der Waals surface area contributed by atoms with E-state index < -0.39 is 5.72 Å². The first-order valence-electron chi connectivity index (χ1n) is 8.35. The number of ketones is 1. The summed E-state index contributed by atoms with van der Waals surface area (Å²) in [5.41, 5.74) is 1.62. The summed E-state index contributed by atoms with van der Waals surface area (Å²) in [5.74, 6) is 5.22. The summed E-state index contributed by atoms with van der Waals surface area (Å²) in [7, 11) is 0. The molecule has 0 amide bonds. The van der Waals surface area contributed by atoms with Gasteiger partial charge >= 0.3 is 0 Å². The van der Waals surface area contributed by atoms with Crippen LogP contribution >= 0.6 is 0 Å². The SMILES string of the molecule is CCC(C)=O.CCCC/N=N/C(C)(O)CC.CCCCNN. The molecule has 6 heteroatoms. The standard InChI is InChI=1S/C8H18N2O.C4H12N2.C4H8O/c1-4-6-7-9-10-8(3,11)5-2;1-2-3-4-6-5;1-3-4(2)5/h11H,4-7H2,1-3H3;6H,2-5H2,1H3;3H2,1-2H3/b10-9+;;. The van der Waals surface area contributed by atoms with Crippen LogP contribution in [0.3, 0.4) is 0 Å². The number of nitrogens with one attached hydrogen (secondary N) is 1. The van der Waals surface area contributed by atoms with Crippen molar-refractivity contribution in [3.8, 4) is 0 Å². The molecule has 0 radical (unpaired) electrons. The minimum atomic E-state index is -0.951. The molecule has 22 heavy (non-hydrogen) atoms. The molecule has 4 N–H and O–H groups in total. The maximum atomic E-state index is 9.81. The van der Waals surface area contributed by atoms with Gasteiger partial charge in [-0.2, -0.15) is 10.2 Å². The fraction of sp³-hybridized carbons (Fsp3) is 0.938. The number of rotatable bonds is 9. The van der Waals surface area contributed by atoms with Gasteiger partial charge in [0.05, 0.1) is 6.54 Å². The maximum Gasteiger partial charge on any atom is 0.172 e. The number of nitrogens with two attached hydrogens (primary N) is 1. The Morgan fingerprint density at radius 3 is 1.95 bits per heavy atom. The molecule has 1 unspecified atom stereocenters. The van der Waals surface area contributed by atoms with Gasteiger partial charge in [0, 0.05) is 13.0 Å². The minimum absolute atomic E-state index is 0.255. The van der Waals surface area contributed by atoms with Crippen molar-refractivity contribution in [2.24, 2.45) is 16.1 Å². The summed E-state index contributed by atoms with van der Waals surface area (Å²) in [6.07, 6.45) is 5.83. The molecule has 0 fully saturated rings. The second kappa shape index (κ2) is 20.1. The fourth-order valence-corrected chi connectivity index (χ4v) is 0.781. The van der Waals surface area contributed by atoms with E-state index in [1.807, 2.05) is 13.8 Å². The Hall–Kier alpha value is -0.850. The predicted molar refractivity (Wildman–Crippen MR) is 93.6 cm³/mol. The van der Waals surface area contributed by atoms with E-state index in [-0.39, 0.29) is 5.78 Å². The van der Waals surface area contributed by atoms with Crippen LogP contribution in [0.2, 0.25) is 0 Å². The average molecular weight is 319 g/mol. The van der Waals surface area contributed by atoms with Gasteiger partial charge in [-0.1, -0.05) is 40.5 Å². The highest BCUT2D eigenvalue weighted by Crippen LogP contribution is 2.10. The average Bonchev–Trinajstić information content (AvgIpc) is 2.50. The van der Waals surface area contributed by atoms with E-state index in [1.165, 1.54) is 12.8 Å². The smallest absolute Gasteiger partial charge is 0.172 e. The third-order valence-electron chi connectivity index (χ3n) is 2.74. The Morgan fingerprint density at radius 1 is 1.18 bits per heavy atom. The molecule has 0 saturated heterocycles. The topological polar surface area (TPSA) is 100 Å². The van der Waals surface area contributed by atoms with Crippen LogP contribution in [0, 0.1) is 0 Å². The predicted octanol–water partition coefficient (Wildman–Crippen LogP) is 3.59. The molecule has 0 bridgehead atoms. The number of carbonyl (C=O) groups excluding carboxylic acids is 1. The molecule has 134 valence electrons. The summed E-state index contributed by atoms with van der Waals surface area (Å²) < 4.78 is 0. The molecule has 6 nitrogen and oxygen atoms in total. The van der Waals surface area contributed by atoms with Crippen LogP contribution in [-0.4, -0.2) is 29.7 Å². The summed E-state index contributed by atoms with van der Waals surface area (Å²) in [6, 6.07) is 0. The molecule has 0 aliphatic carbocycles. The molecule has 0 aliphatic heterocycles.